The van der Waals surface area contributed by atoms with Gasteiger partial charge in [0.05, 0.1) is 28.9 Å². The predicted molar refractivity (Wildman–Crippen MR) is 116 cm³/mol. The van der Waals surface area contributed by atoms with Crippen molar-refractivity contribution in [2.24, 2.45) is 10.2 Å². The summed E-state index contributed by atoms with van der Waals surface area (Å²) < 4.78 is 0. The number of rotatable bonds is 12. The van der Waals surface area contributed by atoms with E-state index in [4.69, 9.17) is 0 Å². The van der Waals surface area contributed by atoms with Gasteiger partial charge in [0.2, 0.25) is 0 Å². The van der Waals surface area contributed by atoms with E-state index < -0.39 is 4.92 Å². The molecule has 7 heteroatoms. The molecular formula is C22H30N4O3. The number of benzene rings is 2. The first-order chi connectivity index (χ1) is 14.1. The summed E-state index contributed by atoms with van der Waals surface area (Å²) >= 11 is 0. The van der Waals surface area contributed by atoms with Crippen LogP contribution in [0.25, 0.3) is 0 Å². The van der Waals surface area contributed by atoms with Crippen molar-refractivity contribution < 1.29 is 10.0 Å². The highest BCUT2D eigenvalue weighted by Gasteiger charge is 2.17. The average Bonchev–Trinajstić information content (AvgIpc) is 2.75. The normalized spacial score (nSPS) is 12.2. The van der Waals surface area contributed by atoms with Gasteiger partial charge < -0.3 is 10.0 Å². The first-order valence-electron chi connectivity index (χ1n) is 10.2. The third-order valence-electron chi connectivity index (χ3n) is 4.80. The fourth-order valence-electron chi connectivity index (χ4n) is 3.20. The fraction of sp³-hybridized carbons (Fsp3) is 0.455. The van der Waals surface area contributed by atoms with Crippen LogP contribution in [0.5, 0.6) is 0 Å². The van der Waals surface area contributed by atoms with Crippen molar-refractivity contribution in [3.05, 3.63) is 58.6 Å². The van der Waals surface area contributed by atoms with Crippen LogP contribution >= 0.6 is 0 Å². The Kier molecular flexibility index (Phi) is 9.24. The van der Waals surface area contributed by atoms with Gasteiger partial charge in [-0.3, -0.25) is 10.1 Å². The first kappa shape index (κ1) is 22.5. The highest BCUT2D eigenvalue weighted by molar-refractivity contribution is 5.54. The summed E-state index contributed by atoms with van der Waals surface area (Å²) in [6.07, 6.45) is 5.40. The number of aliphatic hydroxyl groups is 1. The monoisotopic (exact) mass is 398 g/mol. The van der Waals surface area contributed by atoms with Crippen molar-refractivity contribution in [2.45, 2.75) is 52.0 Å². The van der Waals surface area contributed by atoms with Crippen molar-refractivity contribution in [3.63, 3.8) is 0 Å². The van der Waals surface area contributed by atoms with E-state index in [0.29, 0.717) is 11.4 Å². The lowest BCUT2D eigenvalue weighted by Crippen LogP contribution is -2.38. The molecule has 156 valence electrons. The Morgan fingerprint density at radius 3 is 2.03 bits per heavy atom. The Morgan fingerprint density at radius 2 is 1.55 bits per heavy atom. The van der Waals surface area contributed by atoms with Crippen LogP contribution in [0.4, 0.5) is 22.7 Å². The summed E-state index contributed by atoms with van der Waals surface area (Å²) in [5.41, 5.74) is 2.37. The predicted octanol–water partition coefficient (Wildman–Crippen LogP) is 6.17. The summed E-state index contributed by atoms with van der Waals surface area (Å²) in [5, 5.41) is 28.9. The lowest BCUT2D eigenvalue weighted by molar-refractivity contribution is -0.384. The highest BCUT2D eigenvalue weighted by atomic mass is 16.6. The quantitative estimate of drug-likeness (QED) is 0.200. The van der Waals surface area contributed by atoms with Gasteiger partial charge in [-0.25, -0.2) is 0 Å². The number of azo groups is 1. The first-order valence-corrected chi connectivity index (χ1v) is 10.2. The Bertz CT molecular complexity index is 776. The Hall–Kier alpha value is -2.80. The van der Waals surface area contributed by atoms with Crippen LogP contribution in [0.1, 0.15) is 46.0 Å². The lowest BCUT2D eigenvalue weighted by Gasteiger charge is -2.33. The van der Waals surface area contributed by atoms with Crippen molar-refractivity contribution in [1.29, 1.82) is 0 Å². The standard InChI is InChI=1S/C22H30N4O3/c1-3-5-6-16-25(22(17-27)7-4-2)20-12-8-18(9-13-20)23-24-19-10-14-21(15-11-19)26(28)29/h8-15,22,27H,3-7,16-17H2,1-2H3/b24-23+. The molecule has 1 atom stereocenters. The molecule has 0 aliphatic heterocycles. The van der Waals surface area contributed by atoms with Crippen LogP contribution in [-0.2, 0) is 0 Å². The summed E-state index contributed by atoms with van der Waals surface area (Å²) in [5.74, 6) is 0. The summed E-state index contributed by atoms with van der Waals surface area (Å²) in [6, 6.07) is 13.9. The van der Waals surface area contributed by atoms with Crippen LogP contribution in [0, 0.1) is 10.1 Å². The van der Waals surface area contributed by atoms with Gasteiger partial charge >= 0.3 is 0 Å². The summed E-state index contributed by atoms with van der Waals surface area (Å²) in [4.78, 5) is 12.6. The topological polar surface area (TPSA) is 91.3 Å². The molecule has 2 aromatic rings. The molecular weight excluding hydrogens is 368 g/mol. The number of nitro benzene ring substituents is 1. The number of hydrogen-bond acceptors (Lipinski definition) is 6. The van der Waals surface area contributed by atoms with Gasteiger partial charge in [-0.15, -0.1) is 0 Å². The van der Waals surface area contributed by atoms with E-state index >= 15 is 0 Å². The SMILES string of the molecule is CCCCCN(c1ccc(/N=N/c2ccc([N+](=O)[O-])cc2)cc1)C(CO)CCC. The van der Waals surface area contributed by atoms with Crippen molar-refractivity contribution in [1.82, 2.24) is 0 Å². The molecule has 0 spiro atoms. The van der Waals surface area contributed by atoms with Gasteiger partial charge in [-0.05, 0) is 49.2 Å². The zero-order valence-electron chi connectivity index (χ0n) is 17.2. The second-order valence-electron chi connectivity index (χ2n) is 7.02. The molecule has 1 unspecified atom stereocenters. The second-order valence-corrected chi connectivity index (χ2v) is 7.02. The molecule has 2 rings (SSSR count). The molecule has 0 saturated carbocycles. The maximum absolute atomic E-state index is 10.7. The van der Waals surface area contributed by atoms with Crippen molar-refractivity contribution >= 4 is 22.7 Å². The Labute approximate surface area is 172 Å². The summed E-state index contributed by atoms with van der Waals surface area (Å²) in [7, 11) is 0. The highest BCUT2D eigenvalue weighted by Crippen LogP contribution is 2.26. The van der Waals surface area contributed by atoms with E-state index in [1.807, 2.05) is 24.3 Å². The number of unbranched alkanes of at least 4 members (excludes halogenated alkanes) is 2. The van der Waals surface area contributed by atoms with Gasteiger partial charge in [0.25, 0.3) is 5.69 Å². The molecule has 0 aliphatic rings. The van der Waals surface area contributed by atoms with E-state index in [9.17, 15) is 15.2 Å². The third kappa shape index (κ3) is 6.94. The molecule has 0 aliphatic carbocycles. The van der Waals surface area contributed by atoms with Crippen LogP contribution in [-0.4, -0.2) is 29.2 Å². The zero-order valence-corrected chi connectivity index (χ0v) is 17.2. The molecule has 0 saturated heterocycles. The average molecular weight is 399 g/mol. The smallest absolute Gasteiger partial charge is 0.269 e. The molecule has 0 heterocycles. The molecule has 0 amide bonds. The van der Waals surface area contributed by atoms with Crippen molar-refractivity contribution in [3.8, 4) is 0 Å². The number of non-ortho nitro benzene ring substituents is 1. The van der Waals surface area contributed by atoms with Crippen molar-refractivity contribution in [2.75, 3.05) is 18.1 Å². The third-order valence-corrected chi connectivity index (χ3v) is 4.80. The molecule has 7 nitrogen and oxygen atoms in total. The minimum atomic E-state index is -0.440. The van der Waals surface area contributed by atoms with E-state index in [2.05, 4.69) is 29.0 Å². The lowest BCUT2D eigenvalue weighted by atomic mass is 10.1. The van der Waals surface area contributed by atoms with Gasteiger partial charge in [0.15, 0.2) is 0 Å². The largest absolute Gasteiger partial charge is 0.394 e. The summed E-state index contributed by atoms with van der Waals surface area (Å²) in [6.45, 7) is 5.38. The van der Waals surface area contributed by atoms with E-state index in [0.717, 1.165) is 37.9 Å². The van der Waals surface area contributed by atoms with Crippen LogP contribution in [0.2, 0.25) is 0 Å². The maximum Gasteiger partial charge on any atom is 0.269 e. The van der Waals surface area contributed by atoms with E-state index in [1.54, 1.807) is 12.1 Å². The molecule has 1 N–H and O–H groups in total. The minimum Gasteiger partial charge on any atom is -0.394 e. The number of nitro groups is 1. The number of aliphatic hydroxyl groups excluding tert-OH is 1. The van der Waals surface area contributed by atoms with E-state index in [1.165, 1.54) is 18.6 Å². The number of anilines is 1. The number of hydrogen-bond donors (Lipinski definition) is 1. The second kappa shape index (κ2) is 11.9. The molecule has 0 fully saturated rings. The van der Waals surface area contributed by atoms with Gasteiger partial charge in [0, 0.05) is 24.4 Å². The van der Waals surface area contributed by atoms with Crippen LogP contribution in [0.15, 0.2) is 58.8 Å². The van der Waals surface area contributed by atoms with Crippen LogP contribution in [0.3, 0.4) is 0 Å². The van der Waals surface area contributed by atoms with Crippen LogP contribution < -0.4 is 4.90 Å². The van der Waals surface area contributed by atoms with E-state index in [-0.39, 0.29) is 18.3 Å². The molecule has 29 heavy (non-hydrogen) atoms. The van der Waals surface area contributed by atoms with Gasteiger partial charge in [-0.2, -0.15) is 10.2 Å². The minimum absolute atomic E-state index is 0.0296. The molecule has 2 aromatic carbocycles. The number of nitrogens with zero attached hydrogens (tertiary/aromatic N) is 4. The zero-order chi connectivity index (χ0) is 21.1. The molecule has 0 radical (unpaired) electrons. The Morgan fingerprint density at radius 1 is 0.966 bits per heavy atom. The molecule has 0 bridgehead atoms. The van der Waals surface area contributed by atoms with Gasteiger partial charge in [0.1, 0.15) is 0 Å². The maximum atomic E-state index is 10.7. The Balaban J connectivity index is 2.11. The molecule has 0 aromatic heterocycles. The fourth-order valence-corrected chi connectivity index (χ4v) is 3.20. The van der Waals surface area contributed by atoms with Gasteiger partial charge in [-0.1, -0.05) is 33.1 Å².